The maximum absolute atomic E-state index is 12.9. The number of carbonyl (C=O) groups is 1. The first-order chi connectivity index (χ1) is 11.5. The van der Waals surface area contributed by atoms with Gasteiger partial charge in [-0.1, -0.05) is 6.07 Å². The second kappa shape index (κ2) is 6.55. The Morgan fingerprint density at radius 3 is 2.67 bits per heavy atom. The molecule has 0 saturated heterocycles. The molecule has 0 radical (unpaired) electrons. The van der Waals surface area contributed by atoms with E-state index >= 15 is 0 Å². The zero-order valence-corrected chi connectivity index (χ0v) is 12.9. The van der Waals surface area contributed by atoms with Gasteiger partial charge in [0.1, 0.15) is 5.82 Å². The molecule has 24 heavy (non-hydrogen) atoms. The second-order valence-electron chi connectivity index (χ2n) is 4.81. The van der Waals surface area contributed by atoms with E-state index in [2.05, 4.69) is 10.3 Å². The van der Waals surface area contributed by atoms with Crippen molar-refractivity contribution in [1.29, 1.82) is 0 Å². The summed E-state index contributed by atoms with van der Waals surface area (Å²) >= 11 is 1.21. The standard InChI is InChI=1S/C16H10FN3O3S/c17-12-6-4-10(5-7-12)14-9-24-16(18-14)19-15(21)11-2-1-3-13(8-11)20(22)23/h1-9H,(H,18,19,21). The summed E-state index contributed by atoms with van der Waals surface area (Å²) in [6, 6.07) is 11.3. The number of nitro benzene ring substituents is 1. The highest BCUT2D eigenvalue weighted by Crippen LogP contribution is 2.25. The molecule has 2 aromatic carbocycles. The number of aromatic nitrogens is 1. The summed E-state index contributed by atoms with van der Waals surface area (Å²) in [5.41, 5.74) is 1.34. The Balaban J connectivity index is 1.77. The molecule has 0 fully saturated rings. The first-order valence-corrected chi connectivity index (χ1v) is 7.68. The highest BCUT2D eigenvalue weighted by Gasteiger charge is 2.13. The van der Waals surface area contributed by atoms with Crippen LogP contribution in [-0.2, 0) is 0 Å². The lowest BCUT2D eigenvalue weighted by atomic mass is 10.2. The predicted octanol–water partition coefficient (Wildman–Crippen LogP) is 4.11. The van der Waals surface area contributed by atoms with Gasteiger partial charge in [-0.05, 0) is 30.3 Å². The molecule has 0 spiro atoms. The van der Waals surface area contributed by atoms with Gasteiger partial charge in [-0.15, -0.1) is 11.3 Å². The molecule has 120 valence electrons. The first-order valence-electron chi connectivity index (χ1n) is 6.80. The summed E-state index contributed by atoms with van der Waals surface area (Å²) in [6.07, 6.45) is 0. The molecule has 0 atom stereocenters. The summed E-state index contributed by atoms with van der Waals surface area (Å²) < 4.78 is 12.9. The lowest BCUT2D eigenvalue weighted by Crippen LogP contribution is -2.11. The average molecular weight is 343 g/mol. The topological polar surface area (TPSA) is 85.1 Å². The van der Waals surface area contributed by atoms with E-state index in [0.29, 0.717) is 10.8 Å². The van der Waals surface area contributed by atoms with Crippen molar-refractivity contribution in [1.82, 2.24) is 4.98 Å². The van der Waals surface area contributed by atoms with Crippen LogP contribution in [0.4, 0.5) is 15.2 Å². The number of carbonyl (C=O) groups excluding carboxylic acids is 1. The summed E-state index contributed by atoms with van der Waals surface area (Å²) in [5.74, 6) is -0.827. The highest BCUT2D eigenvalue weighted by molar-refractivity contribution is 7.14. The number of thiazole rings is 1. The van der Waals surface area contributed by atoms with Gasteiger partial charge in [0.2, 0.25) is 0 Å². The summed E-state index contributed by atoms with van der Waals surface area (Å²) in [6.45, 7) is 0. The SMILES string of the molecule is O=C(Nc1nc(-c2ccc(F)cc2)cs1)c1cccc([N+](=O)[O-])c1. The molecule has 1 heterocycles. The number of amides is 1. The molecule has 6 nitrogen and oxygen atoms in total. The Morgan fingerprint density at radius 1 is 1.21 bits per heavy atom. The quantitative estimate of drug-likeness (QED) is 0.570. The third-order valence-electron chi connectivity index (χ3n) is 3.18. The molecule has 0 saturated carbocycles. The minimum Gasteiger partial charge on any atom is -0.298 e. The molecule has 3 aromatic rings. The van der Waals surface area contributed by atoms with Crippen molar-refractivity contribution < 1.29 is 14.1 Å². The molecule has 1 amide bonds. The van der Waals surface area contributed by atoms with Crippen molar-refractivity contribution in [2.45, 2.75) is 0 Å². The van der Waals surface area contributed by atoms with Crippen LogP contribution >= 0.6 is 11.3 Å². The van der Waals surface area contributed by atoms with E-state index in [9.17, 15) is 19.3 Å². The first kappa shape index (κ1) is 15.8. The fourth-order valence-corrected chi connectivity index (χ4v) is 2.73. The number of benzene rings is 2. The smallest absolute Gasteiger partial charge is 0.270 e. The van der Waals surface area contributed by atoms with E-state index in [0.717, 1.165) is 5.56 Å². The van der Waals surface area contributed by atoms with Gasteiger partial charge in [0, 0.05) is 28.6 Å². The van der Waals surface area contributed by atoms with E-state index in [-0.39, 0.29) is 17.1 Å². The fourth-order valence-electron chi connectivity index (χ4n) is 2.01. The molecule has 1 aromatic heterocycles. The lowest BCUT2D eigenvalue weighted by molar-refractivity contribution is -0.384. The van der Waals surface area contributed by atoms with Gasteiger partial charge in [0.05, 0.1) is 10.6 Å². The van der Waals surface area contributed by atoms with E-state index in [1.807, 2.05) is 0 Å². The third-order valence-corrected chi connectivity index (χ3v) is 3.94. The Morgan fingerprint density at radius 2 is 1.96 bits per heavy atom. The Hall–Kier alpha value is -3.13. The van der Waals surface area contributed by atoms with Crippen molar-refractivity contribution in [2.24, 2.45) is 0 Å². The summed E-state index contributed by atoms with van der Waals surface area (Å²) in [7, 11) is 0. The zero-order chi connectivity index (χ0) is 17.1. The Labute approximate surface area is 139 Å². The number of rotatable bonds is 4. The molecule has 3 rings (SSSR count). The van der Waals surface area contributed by atoms with Crippen LogP contribution in [0.3, 0.4) is 0 Å². The van der Waals surface area contributed by atoms with Crippen LogP contribution in [0.15, 0.2) is 53.9 Å². The van der Waals surface area contributed by atoms with Crippen LogP contribution in [0.1, 0.15) is 10.4 Å². The van der Waals surface area contributed by atoms with Crippen molar-refractivity contribution in [3.05, 3.63) is 75.4 Å². The Kier molecular flexibility index (Phi) is 4.30. The van der Waals surface area contributed by atoms with Gasteiger partial charge in [0.25, 0.3) is 11.6 Å². The van der Waals surface area contributed by atoms with Crippen molar-refractivity contribution in [3.8, 4) is 11.3 Å². The van der Waals surface area contributed by atoms with E-state index < -0.39 is 10.8 Å². The highest BCUT2D eigenvalue weighted by atomic mass is 32.1. The van der Waals surface area contributed by atoms with Crippen molar-refractivity contribution >= 4 is 28.1 Å². The largest absolute Gasteiger partial charge is 0.298 e. The number of non-ortho nitro benzene ring substituents is 1. The van der Waals surface area contributed by atoms with E-state index in [1.165, 1.54) is 47.7 Å². The normalized spacial score (nSPS) is 10.4. The second-order valence-corrected chi connectivity index (χ2v) is 5.66. The zero-order valence-electron chi connectivity index (χ0n) is 12.1. The van der Waals surface area contributed by atoms with Crippen molar-refractivity contribution in [2.75, 3.05) is 5.32 Å². The van der Waals surface area contributed by atoms with Crippen LogP contribution in [0, 0.1) is 15.9 Å². The monoisotopic (exact) mass is 343 g/mol. The summed E-state index contributed by atoms with van der Waals surface area (Å²) in [4.78, 5) is 26.6. The third kappa shape index (κ3) is 3.44. The van der Waals surface area contributed by atoms with Gasteiger partial charge in [-0.2, -0.15) is 0 Å². The van der Waals surface area contributed by atoms with Crippen LogP contribution in [0.25, 0.3) is 11.3 Å². The maximum Gasteiger partial charge on any atom is 0.270 e. The van der Waals surface area contributed by atoms with E-state index in [1.54, 1.807) is 17.5 Å². The molecule has 0 aliphatic heterocycles. The lowest BCUT2D eigenvalue weighted by Gasteiger charge is -2.01. The number of nitrogens with one attached hydrogen (secondary N) is 1. The minimum atomic E-state index is -0.563. The summed E-state index contributed by atoms with van der Waals surface area (Å²) in [5, 5.41) is 15.4. The fraction of sp³-hybridized carbons (Fsp3) is 0. The molecule has 0 bridgehead atoms. The number of nitro groups is 1. The molecule has 0 aliphatic carbocycles. The minimum absolute atomic E-state index is 0.159. The predicted molar refractivity (Wildman–Crippen MR) is 88.6 cm³/mol. The van der Waals surface area contributed by atoms with Gasteiger partial charge in [0.15, 0.2) is 5.13 Å². The van der Waals surface area contributed by atoms with Crippen molar-refractivity contribution in [3.63, 3.8) is 0 Å². The van der Waals surface area contributed by atoms with Gasteiger partial charge < -0.3 is 0 Å². The average Bonchev–Trinajstić information content (AvgIpc) is 3.04. The number of hydrogen-bond acceptors (Lipinski definition) is 5. The van der Waals surface area contributed by atoms with Crippen LogP contribution in [-0.4, -0.2) is 15.8 Å². The molecule has 0 unspecified atom stereocenters. The number of halogens is 1. The molecular formula is C16H10FN3O3S. The molecule has 0 aliphatic rings. The number of hydrogen-bond donors (Lipinski definition) is 1. The van der Waals surface area contributed by atoms with Crippen LogP contribution < -0.4 is 5.32 Å². The van der Waals surface area contributed by atoms with Crippen LogP contribution in [0.2, 0.25) is 0 Å². The van der Waals surface area contributed by atoms with Crippen LogP contribution in [0.5, 0.6) is 0 Å². The molecule has 1 N–H and O–H groups in total. The molecule has 8 heteroatoms. The number of nitrogens with zero attached hydrogens (tertiary/aromatic N) is 2. The Bertz CT molecular complexity index is 909. The maximum atomic E-state index is 12.9. The van der Waals surface area contributed by atoms with Gasteiger partial charge in [-0.25, -0.2) is 9.37 Å². The van der Waals surface area contributed by atoms with Gasteiger partial charge in [-0.3, -0.25) is 20.2 Å². The van der Waals surface area contributed by atoms with E-state index in [4.69, 9.17) is 0 Å². The molecular weight excluding hydrogens is 333 g/mol. The van der Waals surface area contributed by atoms with Gasteiger partial charge >= 0.3 is 0 Å². The number of anilines is 1.